The third kappa shape index (κ3) is 2.79. The lowest BCUT2D eigenvalue weighted by molar-refractivity contribution is 0.414. The van der Waals surface area contributed by atoms with Crippen molar-refractivity contribution in [3.63, 3.8) is 0 Å². The summed E-state index contributed by atoms with van der Waals surface area (Å²) in [6.07, 6.45) is 3.56. The highest BCUT2D eigenvalue weighted by Gasteiger charge is 2.16. The zero-order valence-electron chi connectivity index (χ0n) is 12.4. The van der Waals surface area contributed by atoms with Gasteiger partial charge in [0.05, 0.1) is 18.5 Å². The van der Waals surface area contributed by atoms with Crippen LogP contribution in [0.25, 0.3) is 5.69 Å². The maximum absolute atomic E-state index is 10.3. The first-order valence-electron chi connectivity index (χ1n) is 7.15. The number of hydrogen-bond acceptors (Lipinski definition) is 3. The molecule has 0 atom stereocenters. The van der Waals surface area contributed by atoms with Gasteiger partial charge in [-0.25, -0.2) is 4.68 Å². The number of ether oxygens (including phenoxy) is 1. The van der Waals surface area contributed by atoms with Crippen molar-refractivity contribution in [2.75, 3.05) is 7.11 Å². The molecule has 1 heterocycles. The van der Waals surface area contributed by atoms with Crippen LogP contribution in [0.5, 0.6) is 11.5 Å². The van der Waals surface area contributed by atoms with Gasteiger partial charge in [0.15, 0.2) is 5.75 Å². The van der Waals surface area contributed by atoms with E-state index in [0.717, 1.165) is 48.5 Å². The first kappa shape index (κ1) is 14.4. The Labute approximate surface area is 120 Å². The van der Waals surface area contributed by atoms with Gasteiger partial charge in [-0.1, -0.05) is 26.7 Å². The Bertz CT molecular complexity index is 559. The minimum atomic E-state index is 0.351. The van der Waals surface area contributed by atoms with Crippen molar-refractivity contribution in [1.82, 2.24) is 9.78 Å². The molecule has 1 N–H and O–H groups in total. The van der Waals surface area contributed by atoms with E-state index in [1.165, 1.54) is 0 Å². The lowest BCUT2D eigenvalue weighted by Gasteiger charge is -2.07. The molecule has 4 heteroatoms. The van der Waals surface area contributed by atoms with Crippen molar-refractivity contribution < 1.29 is 9.84 Å². The second-order valence-corrected chi connectivity index (χ2v) is 4.85. The summed E-state index contributed by atoms with van der Waals surface area (Å²) in [5.41, 5.74) is 2.62. The van der Waals surface area contributed by atoms with Crippen LogP contribution in [0.15, 0.2) is 24.3 Å². The monoisotopic (exact) mass is 274 g/mol. The summed E-state index contributed by atoms with van der Waals surface area (Å²) in [7, 11) is 1.65. The van der Waals surface area contributed by atoms with Crippen LogP contribution in [0.2, 0.25) is 0 Å². The Morgan fingerprint density at radius 1 is 1.10 bits per heavy atom. The van der Waals surface area contributed by atoms with Gasteiger partial charge in [0.2, 0.25) is 0 Å². The van der Waals surface area contributed by atoms with Gasteiger partial charge in [-0.2, -0.15) is 5.10 Å². The van der Waals surface area contributed by atoms with Gasteiger partial charge in [-0.3, -0.25) is 0 Å². The third-order valence-electron chi connectivity index (χ3n) is 3.31. The molecule has 0 saturated carbocycles. The number of aromatic nitrogens is 2. The highest BCUT2D eigenvalue weighted by Crippen LogP contribution is 2.28. The SMILES string of the molecule is CCCc1nn(-c2ccc(OC)cc2)c(CCC)c1O. The predicted octanol–water partition coefficient (Wildman–Crippen LogP) is 3.49. The molecule has 20 heavy (non-hydrogen) atoms. The van der Waals surface area contributed by atoms with E-state index >= 15 is 0 Å². The van der Waals surface area contributed by atoms with Crippen molar-refractivity contribution in [2.45, 2.75) is 39.5 Å². The third-order valence-corrected chi connectivity index (χ3v) is 3.31. The average Bonchev–Trinajstić information content (AvgIpc) is 2.78. The summed E-state index contributed by atoms with van der Waals surface area (Å²) in [6, 6.07) is 7.73. The number of methoxy groups -OCH3 is 1. The minimum Gasteiger partial charge on any atom is -0.504 e. The molecule has 4 nitrogen and oxygen atoms in total. The number of benzene rings is 1. The van der Waals surface area contributed by atoms with E-state index in [1.807, 2.05) is 28.9 Å². The number of rotatable bonds is 6. The Morgan fingerprint density at radius 2 is 1.75 bits per heavy atom. The van der Waals surface area contributed by atoms with Crippen LogP contribution < -0.4 is 4.74 Å². The van der Waals surface area contributed by atoms with E-state index in [0.29, 0.717) is 5.75 Å². The number of hydrogen-bond donors (Lipinski definition) is 1. The van der Waals surface area contributed by atoms with Crippen molar-refractivity contribution in [2.24, 2.45) is 0 Å². The molecule has 0 bridgehead atoms. The first-order chi connectivity index (χ1) is 9.71. The highest BCUT2D eigenvalue weighted by atomic mass is 16.5. The zero-order chi connectivity index (χ0) is 14.5. The van der Waals surface area contributed by atoms with Crippen LogP contribution in [0.1, 0.15) is 38.1 Å². The van der Waals surface area contributed by atoms with Gasteiger partial charge < -0.3 is 9.84 Å². The van der Waals surface area contributed by atoms with Crippen LogP contribution in [0, 0.1) is 0 Å². The van der Waals surface area contributed by atoms with E-state index in [9.17, 15) is 5.11 Å². The lowest BCUT2D eigenvalue weighted by atomic mass is 10.1. The molecule has 0 aliphatic rings. The summed E-state index contributed by atoms with van der Waals surface area (Å²) in [5, 5.41) is 14.9. The molecule has 2 aromatic rings. The Balaban J connectivity index is 2.44. The molecule has 1 aromatic carbocycles. The molecule has 1 aromatic heterocycles. The van der Waals surface area contributed by atoms with Crippen LogP contribution in [-0.2, 0) is 12.8 Å². The largest absolute Gasteiger partial charge is 0.504 e. The fourth-order valence-electron chi connectivity index (χ4n) is 2.30. The number of aryl methyl sites for hydroxylation is 1. The normalized spacial score (nSPS) is 10.8. The fourth-order valence-corrected chi connectivity index (χ4v) is 2.30. The van der Waals surface area contributed by atoms with Gasteiger partial charge in [0, 0.05) is 0 Å². The Morgan fingerprint density at radius 3 is 2.30 bits per heavy atom. The average molecular weight is 274 g/mol. The summed E-state index contributed by atoms with van der Waals surface area (Å²) in [6.45, 7) is 4.19. The van der Waals surface area contributed by atoms with Crippen LogP contribution in [0.4, 0.5) is 0 Å². The first-order valence-corrected chi connectivity index (χ1v) is 7.15. The van der Waals surface area contributed by atoms with E-state index < -0.39 is 0 Å². The van der Waals surface area contributed by atoms with Crippen LogP contribution >= 0.6 is 0 Å². The van der Waals surface area contributed by atoms with Crippen molar-refractivity contribution >= 4 is 0 Å². The number of aromatic hydroxyl groups is 1. The van der Waals surface area contributed by atoms with Crippen molar-refractivity contribution in [1.29, 1.82) is 0 Å². The quantitative estimate of drug-likeness (QED) is 0.877. The van der Waals surface area contributed by atoms with Crippen LogP contribution in [0.3, 0.4) is 0 Å². The van der Waals surface area contributed by atoms with E-state index in [1.54, 1.807) is 7.11 Å². The van der Waals surface area contributed by atoms with E-state index in [4.69, 9.17) is 4.74 Å². The molecular weight excluding hydrogens is 252 g/mol. The minimum absolute atomic E-state index is 0.351. The second-order valence-electron chi connectivity index (χ2n) is 4.85. The maximum atomic E-state index is 10.3. The van der Waals surface area contributed by atoms with Gasteiger partial charge >= 0.3 is 0 Å². The molecule has 0 saturated heterocycles. The standard InChI is InChI=1S/C16H22N2O2/c1-4-6-14-16(19)15(7-5-2)18(17-14)12-8-10-13(20-3)11-9-12/h8-11,19H,4-7H2,1-3H3. The topological polar surface area (TPSA) is 47.3 Å². The van der Waals surface area contributed by atoms with Gasteiger partial charge in [-0.05, 0) is 37.1 Å². The Kier molecular flexibility index (Phi) is 4.66. The molecule has 108 valence electrons. The Hall–Kier alpha value is -1.97. The maximum Gasteiger partial charge on any atom is 0.160 e. The smallest absolute Gasteiger partial charge is 0.160 e. The molecule has 0 aliphatic heterocycles. The fraction of sp³-hybridized carbons (Fsp3) is 0.438. The molecule has 0 fully saturated rings. The molecular formula is C16H22N2O2. The molecule has 0 radical (unpaired) electrons. The summed E-state index contributed by atoms with van der Waals surface area (Å²) in [5.74, 6) is 1.17. The molecule has 0 aliphatic carbocycles. The van der Waals surface area contributed by atoms with E-state index in [2.05, 4.69) is 18.9 Å². The summed E-state index contributed by atoms with van der Waals surface area (Å²) >= 11 is 0. The second kappa shape index (κ2) is 6.46. The van der Waals surface area contributed by atoms with Gasteiger partial charge in [0.1, 0.15) is 11.4 Å². The predicted molar refractivity (Wildman–Crippen MR) is 79.8 cm³/mol. The summed E-state index contributed by atoms with van der Waals surface area (Å²) < 4.78 is 7.02. The molecule has 0 unspecified atom stereocenters. The van der Waals surface area contributed by atoms with Crippen molar-refractivity contribution in [3.05, 3.63) is 35.7 Å². The molecule has 0 spiro atoms. The highest BCUT2D eigenvalue weighted by molar-refractivity contribution is 5.43. The summed E-state index contributed by atoms with van der Waals surface area (Å²) in [4.78, 5) is 0. The lowest BCUT2D eigenvalue weighted by Crippen LogP contribution is -2.02. The van der Waals surface area contributed by atoms with Gasteiger partial charge in [0.25, 0.3) is 0 Å². The van der Waals surface area contributed by atoms with Crippen LogP contribution in [-0.4, -0.2) is 22.0 Å². The van der Waals surface area contributed by atoms with E-state index in [-0.39, 0.29) is 0 Å². The number of nitrogens with zero attached hydrogens (tertiary/aromatic N) is 2. The van der Waals surface area contributed by atoms with Gasteiger partial charge in [-0.15, -0.1) is 0 Å². The molecule has 2 rings (SSSR count). The van der Waals surface area contributed by atoms with Crippen molar-refractivity contribution in [3.8, 4) is 17.2 Å². The molecule has 0 amide bonds. The zero-order valence-corrected chi connectivity index (χ0v) is 12.4.